The number of rotatable bonds is 3. The number of para-hydroxylation sites is 1. The first-order valence-electron chi connectivity index (χ1n) is 6.85. The first-order chi connectivity index (χ1) is 9.24. The SMILES string of the molecule is NC(CC1=CCCCC1)c1cc2cccc(Cl)c2o1. The van der Waals surface area contributed by atoms with E-state index < -0.39 is 0 Å². The van der Waals surface area contributed by atoms with Gasteiger partial charge in [0.2, 0.25) is 0 Å². The van der Waals surface area contributed by atoms with E-state index in [1.807, 2.05) is 24.3 Å². The largest absolute Gasteiger partial charge is 0.458 e. The summed E-state index contributed by atoms with van der Waals surface area (Å²) in [7, 11) is 0. The second-order valence-electron chi connectivity index (χ2n) is 5.23. The van der Waals surface area contributed by atoms with Gasteiger partial charge in [0.15, 0.2) is 5.58 Å². The third-order valence-electron chi connectivity index (χ3n) is 3.75. The molecule has 100 valence electrons. The molecule has 1 atom stereocenters. The summed E-state index contributed by atoms with van der Waals surface area (Å²) < 4.78 is 5.82. The van der Waals surface area contributed by atoms with Crippen molar-refractivity contribution < 1.29 is 4.42 Å². The standard InChI is InChI=1S/C16H18ClNO/c17-13-8-4-7-12-10-15(19-16(12)13)14(18)9-11-5-2-1-3-6-11/h4-5,7-8,10,14H,1-3,6,9,18H2. The molecule has 0 amide bonds. The fraction of sp³-hybridized carbons (Fsp3) is 0.375. The van der Waals surface area contributed by atoms with Gasteiger partial charge in [-0.05, 0) is 44.2 Å². The smallest absolute Gasteiger partial charge is 0.152 e. The molecule has 1 heterocycles. The second-order valence-corrected chi connectivity index (χ2v) is 5.63. The van der Waals surface area contributed by atoms with Gasteiger partial charge in [0.05, 0.1) is 11.1 Å². The number of hydrogen-bond acceptors (Lipinski definition) is 2. The van der Waals surface area contributed by atoms with Gasteiger partial charge >= 0.3 is 0 Å². The average Bonchev–Trinajstić information content (AvgIpc) is 2.85. The summed E-state index contributed by atoms with van der Waals surface area (Å²) in [6.07, 6.45) is 8.17. The van der Waals surface area contributed by atoms with Crippen LogP contribution in [-0.4, -0.2) is 0 Å². The van der Waals surface area contributed by atoms with Gasteiger partial charge in [-0.15, -0.1) is 0 Å². The Hall–Kier alpha value is -1.25. The highest BCUT2D eigenvalue weighted by Gasteiger charge is 2.16. The molecule has 0 spiro atoms. The first kappa shape index (κ1) is 12.8. The lowest BCUT2D eigenvalue weighted by Gasteiger charge is -2.15. The Morgan fingerprint density at radius 3 is 2.95 bits per heavy atom. The van der Waals surface area contributed by atoms with E-state index in [0.29, 0.717) is 5.02 Å². The van der Waals surface area contributed by atoms with Crippen LogP contribution in [-0.2, 0) is 0 Å². The van der Waals surface area contributed by atoms with Gasteiger partial charge in [0.25, 0.3) is 0 Å². The van der Waals surface area contributed by atoms with Crippen LogP contribution in [0.5, 0.6) is 0 Å². The minimum absolute atomic E-state index is 0.0761. The zero-order valence-corrected chi connectivity index (χ0v) is 11.6. The Bertz CT molecular complexity index is 614. The number of fused-ring (bicyclic) bond motifs is 1. The number of hydrogen-bond donors (Lipinski definition) is 1. The Morgan fingerprint density at radius 2 is 2.21 bits per heavy atom. The predicted molar refractivity (Wildman–Crippen MR) is 79.3 cm³/mol. The van der Waals surface area contributed by atoms with Crippen molar-refractivity contribution in [3.05, 3.63) is 46.7 Å². The molecule has 3 rings (SSSR count). The maximum atomic E-state index is 6.26. The third kappa shape index (κ3) is 2.70. The van der Waals surface area contributed by atoms with E-state index in [1.54, 1.807) is 0 Å². The fourth-order valence-electron chi connectivity index (χ4n) is 2.70. The summed E-state index contributed by atoms with van der Waals surface area (Å²) >= 11 is 6.12. The molecule has 1 aliphatic carbocycles. The summed E-state index contributed by atoms with van der Waals surface area (Å²) in [6, 6.07) is 7.70. The van der Waals surface area contributed by atoms with Gasteiger partial charge in [-0.1, -0.05) is 35.4 Å². The Balaban J connectivity index is 1.83. The van der Waals surface area contributed by atoms with Crippen LogP contribution in [0, 0.1) is 0 Å². The highest BCUT2D eigenvalue weighted by molar-refractivity contribution is 6.34. The Labute approximate surface area is 118 Å². The van der Waals surface area contributed by atoms with Crippen LogP contribution in [0.25, 0.3) is 11.0 Å². The van der Waals surface area contributed by atoms with E-state index in [2.05, 4.69) is 6.08 Å². The second kappa shape index (κ2) is 5.40. The highest BCUT2D eigenvalue weighted by atomic mass is 35.5. The molecular formula is C16H18ClNO. The van der Waals surface area contributed by atoms with Gasteiger partial charge in [-0.3, -0.25) is 0 Å². The predicted octanol–water partition coefficient (Wildman–Crippen LogP) is 4.98. The number of benzene rings is 1. The van der Waals surface area contributed by atoms with Crippen LogP contribution in [0.3, 0.4) is 0 Å². The summed E-state index contributed by atoms with van der Waals surface area (Å²) in [4.78, 5) is 0. The molecular weight excluding hydrogens is 258 g/mol. The van der Waals surface area contributed by atoms with E-state index in [1.165, 1.54) is 31.3 Å². The minimum atomic E-state index is -0.0761. The molecule has 0 saturated heterocycles. The molecule has 2 aromatic rings. The fourth-order valence-corrected chi connectivity index (χ4v) is 2.92. The van der Waals surface area contributed by atoms with Crippen molar-refractivity contribution >= 4 is 22.6 Å². The zero-order chi connectivity index (χ0) is 13.2. The van der Waals surface area contributed by atoms with Crippen LogP contribution >= 0.6 is 11.6 Å². The van der Waals surface area contributed by atoms with Crippen molar-refractivity contribution in [1.29, 1.82) is 0 Å². The maximum Gasteiger partial charge on any atom is 0.152 e. The quantitative estimate of drug-likeness (QED) is 0.803. The van der Waals surface area contributed by atoms with Gasteiger partial charge < -0.3 is 10.2 Å². The maximum absolute atomic E-state index is 6.26. The van der Waals surface area contributed by atoms with Crippen LogP contribution in [0.4, 0.5) is 0 Å². The van der Waals surface area contributed by atoms with Crippen LogP contribution in [0.15, 0.2) is 40.3 Å². The van der Waals surface area contributed by atoms with Crippen LogP contribution in [0.2, 0.25) is 5.02 Å². The molecule has 1 unspecified atom stereocenters. The molecule has 1 aromatic heterocycles. The van der Waals surface area contributed by atoms with Gasteiger partial charge in [0.1, 0.15) is 5.76 Å². The zero-order valence-electron chi connectivity index (χ0n) is 10.9. The molecule has 0 fully saturated rings. The van der Waals surface area contributed by atoms with E-state index in [0.717, 1.165) is 23.2 Å². The third-order valence-corrected chi connectivity index (χ3v) is 4.05. The molecule has 1 aliphatic rings. The molecule has 0 saturated carbocycles. The van der Waals surface area contributed by atoms with Gasteiger partial charge in [-0.2, -0.15) is 0 Å². The van der Waals surface area contributed by atoms with Crippen molar-refractivity contribution in [3.63, 3.8) is 0 Å². The lowest BCUT2D eigenvalue weighted by atomic mass is 9.94. The summed E-state index contributed by atoms with van der Waals surface area (Å²) in [5, 5.41) is 1.67. The Morgan fingerprint density at radius 1 is 1.32 bits per heavy atom. The van der Waals surface area contributed by atoms with Crippen molar-refractivity contribution in [1.82, 2.24) is 0 Å². The molecule has 0 radical (unpaired) electrons. The number of halogens is 1. The molecule has 0 aliphatic heterocycles. The molecule has 3 heteroatoms. The summed E-state index contributed by atoms with van der Waals surface area (Å²) in [5.41, 5.74) is 8.47. The summed E-state index contributed by atoms with van der Waals surface area (Å²) in [5.74, 6) is 0.828. The minimum Gasteiger partial charge on any atom is -0.458 e. The molecule has 19 heavy (non-hydrogen) atoms. The van der Waals surface area contributed by atoms with Crippen molar-refractivity contribution in [3.8, 4) is 0 Å². The molecule has 1 aromatic carbocycles. The van der Waals surface area contributed by atoms with Crippen molar-refractivity contribution in [2.45, 2.75) is 38.1 Å². The van der Waals surface area contributed by atoms with E-state index >= 15 is 0 Å². The van der Waals surface area contributed by atoms with Crippen LogP contribution < -0.4 is 5.73 Å². The van der Waals surface area contributed by atoms with Crippen molar-refractivity contribution in [2.24, 2.45) is 5.73 Å². The van der Waals surface area contributed by atoms with E-state index in [9.17, 15) is 0 Å². The highest BCUT2D eigenvalue weighted by Crippen LogP contribution is 2.32. The van der Waals surface area contributed by atoms with Gasteiger partial charge in [0, 0.05) is 5.39 Å². The van der Waals surface area contributed by atoms with Crippen LogP contribution in [0.1, 0.15) is 43.9 Å². The lowest BCUT2D eigenvalue weighted by molar-refractivity contribution is 0.486. The molecule has 0 bridgehead atoms. The molecule has 2 nitrogen and oxygen atoms in total. The van der Waals surface area contributed by atoms with Crippen molar-refractivity contribution in [2.75, 3.05) is 0 Å². The lowest BCUT2D eigenvalue weighted by Crippen LogP contribution is -2.11. The van der Waals surface area contributed by atoms with E-state index in [4.69, 9.17) is 21.8 Å². The molecule has 2 N–H and O–H groups in total. The van der Waals surface area contributed by atoms with E-state index in [-0.39, 0.29) is 6.04 Å². The summed E-state index contributed by atoms with van der Waals surface area (Å²) in [6.45, 7) is 0. The number of furan rings is 1. The first-order valence-corrected chi connectivity index (χ1v) is 7.23. The normalized spacial score (nSPS) is 17.5. The number of allylic oxidation sites excluding steroid dienone is 1. The number of nitrogens with two attached hydrogens (primary N) is 1. The topological polar surface area (TPSA) is 39.2 Å². The van der Waals surface area contributed by atoms with Gasteiger partial charge in [-0.25, -0.2) is 0 Å². The monoisotopic (exact) mass is 275 g/mol. The Kier molecular flexibility index (Phi) is 3.63. The average molecular weight is 276 g/mol.